The van der Waals surface area contributed by atoms with Crippen LogP contribution in [0.5, 0.6) is 11.5 Å². The average Bonchev–Trinajstić information content (AvgIpc) is 2.46. The van der Waals surface area contributed by atoms with Crippen molar-refractivity contribution in [3.05, 3.63) is 52.8 Å². The van der Waals surface area contributed by atoms with Crippen molar-refractivity contribution in [3.8, 4) is 17.6 Å². The van der Waals surface area contributed by atoms with E-state index >= 15 is 0 Å². The lowest BCUT2D eigenvalue weighted by atomic mass is 10.2. The summed E-state index contributed by atoms with van der Waals surface area (Å²) in [7, 11) is -5.02. The zero-order valence-corrected chi connectivity index (χ0v) is 12.7. The van der Waals surface area contributed by atoms with Crippen LogP contribution in [-0.4, -0.2) is 14.2 Å². The van der Waals surface area contributed by atoms with E-state index < -0.39 is 32.1 Å². The van der Waals surface area contributed by atoms with Crippen LogP contribution in [0.1, 0.15) is 5.56 Å². The molecule has 0 saturated heterocycles. The molecule has 0 aliphatic heterocycles. The largest absolute Gasteiger partial charge is 0.454 e. The van der Waals surface area contributed by atoms with E-state index in [0.717, 1.165) is 30.3 Å². The van der Waals surface area contributed by atoms with E-state index in [1.54, 1.807) is 6.07 Å². The minimum absolute atomic E-state index is 0.0484. The van der Waals surface area contributed by atoms with Gasteiger partial charge in [0.1, 0.15) is 22.5 Å². The maximum atomic E-state index is 13.3. The molecule has 4 nitrogen and oxygen atoms in total. The van der Waals surface area contributed by atoms with E-state index in [-0.39, 0.29) is 16.3 Å². The average molecular weight is 362 g/mol. The van der Waals surface area contributed by atoms with Crippen LogP contribution in [0, 0.1) is 17.1 Å². The molecular weight excluding hydrogens is 355 g/mol. The molecule has 0 amide bonds. The van der Waals surface area contributed by atoms with Gasteiger partial charge in [-0.05, 0) is 24.3 Å². The molecule has 9 heteroatoms. The fraction of sp³-hybridized carbons (Fsp3) is 0.0714. The number of nitriles is 1. The molecule has 0 fully saturated rings. The normalized spacial score (nSPS) is 11.3. The van der Waals surface area contributed by atoms with Gasteiger partial charge >= 0.3 is 5.76 Å². The summed E-state index contributed by atoms with van der Waals surface area (Å²) in [6, 6.07) is 7.81. The third kappa shape index (κ3) is 3.57. The van der Waals surface area contributed by atoms with Crippen molar-refractivity contribution in [1.82, 2.24) is 0 Å². The highest BCUT2D eigenvalue weighted by molar-refractivity contribution is 7.91. The molecule has 0 spiro atoms. The zero-order valence-electron chi connectivity index (χ0n) is 11.1. The molecule has 0 radical (unpaired) electrons. The standard InChI is InChI=1S/C14H7ClF3NO3S/c15-9-4-10(16)6-11(5-9)22-13-8(7-19)2-1-3-12(13)23(20,21)14(17)18/h1-6,14H. The van der Waals surface area contributed by atoms with Gasteiger partial charge < -0.3 is 4.74 Å². The molecule has 0 aromatic heterocycles. The predicted molar refractivity (Wildman–Crippen MR) is 75.8 cm³/mol. The number of ether oxygens (including phenoxy) is 1. The summed E-state index contributed by atoms with van der Waals surface area (Å²) in [6.07, 6.45) is 0. The number of benzene rings is 2. The lowest BCUT2D eigenvalue weighted by Gasteiger charge is -2.13. The summed E-state index contributed by atoms with van der Waals surface area (Å²) < 4.78 is 67.4. The van der Waals surface area contributed by atoms with Gasteiger partial charge in [-0.2, -0.15) is 14.0 Å². The van der Waals surface area contributed by atoms with Gasteiger partial charge in [-0.25, -0.2) is 12.8 Å². The van der Waals surface area contributed by atoms with Gasteiger partial charge in [0.05, 0.1) is 5.56 Å². The Kier molecular flexibility index (Phi) is 4.82. The molecule has 0 bridgehead atoms. The highest BCUT2D eigenvalue weighted by Crippen LogP contribution is 2.35. The highest BCUT2D eigenvalue weighted by atomic mass is 35.5. The van der Waals surface area contributed by atoms with Gasteiger partial charge in [-0.15, -0.1) is 0 Å². The van der Waals surface area contributed by atoms with Crippen LogP contribution in [-0.2, 0) is 9.84 Å². The lowest BCUT2D eigenvalue weighted by molar-refractivity contribution is 0.234. The number of halogens is 4. The molecule has 2 aromatic rings. The van der Waals surface area contributed by atoms with Crippen molar-refractivity contribution in [2.24, 2.45) is 0 Å². The van der Waals surface area contributed by atoms with Crippen molar-refractivity contribution in [2.75, 3.05) is 0 Å². The van der Waals surface area contributed by atoms with Crippen LogP contribution in [0.15, 0.2) is 41.3 Å². The van der Waals surface area contributed by atoms with Gasteiger partial charge in [0.15, 0.2) is 5.75 Å². The summed E-state index contributed by atoms with van der Waals surface area (Å²) in [4.78, 5) is -0.869. The van der Waals surface area contributed by atoms with Crippen LogP contribution in [0.2, 0.25) is 5.02 Å². The van der Waals surface area contributed by atoms with Crippen LogP contribution < -0.4 is 4.74 Å². The molecule has 2 aromatic carbocycles. The number of hydrogen-bond acceptors (Lipinski definition) is 4. The van der Waals surface area contributed by atoms with Gasteiger partial charge in [-0.1, -0.05) is 17.7 Å². The lowest BCUT2D eigenvalue weighted by Crippen LogP contribution is -2.13. The van der Waals surface area contributed by atoms with Crippen molar-refractivity contribution in [3.63, 3.8) is 0 Å². The fourth-order valence-electron chi connectivity index (χ4n) is 1.73. The summed E-state index contributed by atoms with van der Waals surface area (Å²) >= 11 is 5.65. The number of hydrogen-bond donors (Lipinski definition) is 0. The Morgan fingerprint density at radius 1 is 1.22 bits per heavy atom. The summed E-state index contributed by atoms with van der Waals surface area (Å²) in [5, 5.41) is 8.97. The third-order valence-electron chi connectivity index (χ3n) is 2.70. The molecule has 0 saturated carbocycles. The molecule has 2 rings (SSSR count). The maximum absolute atomic E-state index is 13.3. The van der Waals surface area contributed by atoms with Crippen LogP contribution in [0.25, 0.3) is 0 Å². The molecular formula is C14H7ClF3NO3S. The Labute approximate surface area is 134 Å². The van der Waals surface area contributed by atoms with E-state index in [9.17, 15) is 21.6 Å². The molecule has 0 N–H and O–H groups in total. The predicted octanol–water partition coefficient (Wildman–Crippen LogP) is 4.14. The van der Waals surface area contributed by atoms with Crippen LogP contribution >= 0.6 is 11.6 Å². The first-order chi connectivity index (χ1) is 10.8. The Hall–Kier alpha value is -2.24. The first-order valence-electron chi connectivity index (χ1n) is 5.95. The SMILES string of the molecule is N#Cc1cccc(S(=O)(=O)C(F)F)c1Oc1cc(F)cc(Cl)c1. The van der Waals surface area contributed by atoms with Gasteiger partial charge in [0, 0.05) is 11.1 Å². The summed E-state index contributed by atoms with van der Waals surface area (Å²) in [5.41, 5.74) is -0.299. The second kappa shape index (κ2) is 6.48. The molecule has 0 atom stereocenters. The minimum Gasteiger partial charge on any atom is -0.454 e. The summed E-state index contributed by atoms with van der Waals surface area (Å²) in [6.45, 7) is 0. The van der Waals surface area contributed by atoms with E-state index in [0.29, 0.717) is 0 Å². The molecule has 0 aliphatic rings. The number of nitrogens with zero attached hydrogens (tertiary/aromatic N) is 1. The smallest absolute Gasteiger partial charge is 0.341 e. The molecule has 0 unspecified atom stereocenters. The summed E-state index contributed by atoms with van der Waals surface area (Å²) in [5.74, 6) is -5.32. The molecule has 0 aliphatic carbocycles. The molecule has 23 heavy (non-hydrogen) atoms. The Morgan fingerprint density at radius 3 is 2.48 bits per heavy atom. The van der Waals surface area contributed by atoms with Gasteiger partial charge in [0.2, 0.25) is 9.84 Å². The monoisotopic (exact) mass is 361 g/mol. The third-order valence-corrected chi connectivity index (χ3v) is 4.32. The number of sulfone groups is 1. The zero-order chi connectivity index (χ0) is 17.2. The topological polar surface area (TPSA) is 67.2 Å². The first kappa shape index (κ1) is 17.1. The highest BCUT2D eigenvalue weighted by Gasteiger charge is 2.31. The van der Waals surface area contributed by atoms with E-state index in [2.05, 4.69) is 0 Å². The Morgan fingerprint density at radius 2 is 1.91 bits per heavy atom. The van der Waals surface area contributed by atoms with E-state index in [1.807, 2.05) is 0 Å². The van der Waals surface area contributed by atoms with E-state index in [1.165, 1.54) is 6.07 Å². The van der Waals surface area contributed by atoms with Crippen molar-refractivity contribution in [1.29, 1.82) is 5.26 Å². The van der Waals surface area contributed by atoms with Crippen molar-refractivity contribution in [2.45, 2.75) is 10.7 Å². The van der Waals surface area contributed by atoms with Gasteiger partial charge in [0.25, 0.3) is 0 Å². The molecule has 120 valence electrons. The Balaban J connectivity index is 2.63. The second-order valence-corrected chi connectivity index (χ2v) is 6.58. The van der Waals surface area contributed by atoms with Crippen LogP contribution in [0.3, 0.4) is 0 Å². The first-order valence-corrected chi connectivity index (χ1v) is 7.87. The minimum atomic E-state index is -5.02. The molecule has 0 heterocycles. The second-order valence-electron chi connectivity index (χ2n) is 4.26. The van der Waals surface area contributed by atoms with Crippen LogP contribution in [0.4, 0.5) is 13.2 Å². The Bertz CT molecular complexity index is 874. The number of alkyl halides is 2. The number of para-hydroxylation sites is 1. The van der Waals surface area contributed by atoms with Crippen molar-refractivity contribution >= 4 is 21.4 Å². The van der Waals surface area contributed by atoms with Crippen molar-refractivity contribution < 1.29 is 26.3 Å². The van der Waals surface area contributed by atoms with E-state index in [4.69, 9.17) is 21.6 Å². The quantitative estimate of drug-likeness (QED) is 0.820. The van der Waals surface area contributed by atoms with Gasteiger partial charge in [-0.3, -0.25) is 0 Å². The number of rotatable bonds is 4. The fourth-order valence-corrected chi connectivity index (χ4v) is 2.82. The maximum Gasteiger partial charge on any atom is 0.341 e.